The molecule has 6 rings (SSSR count). The highest BCUT2D eigenvalue weighted by Crippen LogP contribution is 2.29. The molecule has 3 amide bonds. The maximum Gasteiger partial charge on any atom is 0.321 e. The zero-order valence-corrected chi connectivity index (χ0v) is 32.4. The molecule has 0 bridgehead atoms. The molecule has 1 aliphatic carbocycles. The summed E-state index contributed by atoms with van der Waals surface area (Å²) in [7, 11) is -4.06. The molecular weight excluding hydrogens is 717 g/mol. The quantitative estimate of drug-likeness (QED) is 0.0711. The number of nitrogens with one attached hydrogen (secondary N) is 1. The van der Waals surface area contributed by atoms with Crippen LogP contribution in [0.5, 0.6) is 0 Å². The van der Waals surface area contributed by atoms with Gasteiger partial charge in [-0.25, -0.2) is 13.2 Å². The van der Waals surface area contributed by atoms with Crippen molar-refractivity contribution in [3.8, 4) is 0 Å². The summed E-state index contributed by atoms with van der Waals surface area (Å²) in [5, 5.41) is 28.1. The number of carbonyl (C=O) groups is 2. The van der Waals surface area contributed by atoms with E-state index in [4.69, 9.17) is 5.21 Å². The summed E-state index contributed by atoms with van der Waals surface area (Å²) < 4.78 is 29.7. The van der Waals surface area contributed by atoms with Crippen LogP contribution in [-0.4, -0.2) is 100 Å². The number of benzene rings is 3. The molecule has 0 spiro atoms. The van der Waals surface area contributed by atoms with Gasteiger partial charge in [0, 0.05) is 44.3 Å². The fraction of sp³-hybridized carbons (Fsp3) is 0.429. The molecule has 292 valence electrons. The van der Waals surface area contributed by atoms with Crippen LogP contribution < -0.4 is 5.32 Å². The zero-order chi connectivity index (χ0) is 39.0. The van der Waals surface area contributed by atoms with Gasteiger partial charge in [0.15, 0.2) is 0 Å². The van der Waals surface area contributed by atoms with Crippen LogP contribution in [0.1, 0.15) is 62.6 Å². The van der Waals surface area contributed by atoms with E-state index in [1.807, 2.05) is 74.5 Å². The number of sulfonamides is 1. The Kier molecular flexibility index (Phi) is 13.2. The Bertz CT molecular complexity index is 2040. The summed E-state index contributed by atoms with van der Waals surface area (Å²) in [6.07, 6.45) is 6.42. The third kappa shape index (κ3) is 9.70. The van der Waals surface area contributed by atoms with E-state index in [9.17, 15) is 23.1 Å². The SMILES string of the molecule is CC[C@H](C)[C@@H](C(=O)N[C@@H](Cc1ccccc1)[C@@H](O)CN(CC1CCCC1)S(=O)(=O)c1ccc(C=NO)cc1)N1CCN(Cc2ccc3ncccc3c2)C1=O. The molecule has 0 radical (unpaired) electrons. The van der Waals surface area contributed by atoms with E-state index in [0.29, 0.717) is 31.6 Å². The minimum absolute atomic E-state index is 0.0609. The van der Waals surface area contributed by atoms with Crippen LogP contribution in [0.15, 0.2) is 101 Å². The Balaban J connectivity index is 1.23. The van der Waals surface area contributed by atoms with Gasteiger partial charge in [0.1, 0.15) is 6.04 Å². The van der Waals surface area contributed by atoms with E-state index >= 15 is 0 Å². The Hall–Kier alpha value is -4.85. The fourth-order valence-corrected chi connectivity index (χ4v) is 9.36. The summed E-state index contributed by atoms with van der Waals surface area (Å²) in [6, 6.07) is 23.5. The first-order valence-corrected chi connectivity index (χ1v) is 20.7. The van der Waals surface area contributed by atoms with Crippen molar-refractivity contribution in [3.05, 3.63) is 108 Å². The molecule has 4 aromatic rings. The van der Waals surface area contributed by atoms with Crippen molar-refractivity contribution in [1.29, 1.82) is 0 Å². The number of nitrogens with zero attached hydrogens (tertiary/aromatic N) is 5. The summed E-state index contributed by atoms with van der Waals surface area (Å²) >= 11 is 0. The maximum atomic E-state index is 14.5. The molecule has 55 heavy (non-hydrogen) atoms. The number of hydrogen-bond acceptors (Lipinski definition) is 8. The molecule has 1 aromatic heterocycles. The molecule has 2 aliphatic rings. The van der Waals surface area contributed by atoms with Crippen molar-refractivity contribution in [2.75, 3.05) is 26.2 Å². The largest absolute Gasteiger partial charge is 0.411 e. The summed E-state index contributed by atoms with van der Waals surface area (Å²) in [4.78, 5) is 36.3. The van der Waals surface area contributed by atoms with Crippen LogP contribution in [0, 0.1) is 11.8 Å². The van der Waals surface area contributed by atoms with Gasteiger partial charge in [0.25, 0.3) is 0 Å². The zero-order valence-electron chi connectivity index (χ0n) is 31.6. The molecule has 12 nitrogen and oxygen atoms in total. The van der Waals surface area contributed by atoms with E-state index in [2.05, 4.69) is 15.5 Å². The lowest BCUT2D eigenvalue weighted by atomic mass is 9.95. The van der Waals surface area contributed by atoms with Crippen molar-refractivity contribution >= 4 is 39.1 Å². The topological polar surface area (TPSA) is 156 Å². The highest BCUT2D eigenvalue weighted by molar-refractivity contribution is 7.89. The average molecular weight is 769 g/mol. The van der Waals surface area contributed by atoms with Crippen molar-refractivity contribution in [3.63, 3.8) is 0 Å². The number of rotatable bonds is 17. The minimum atomic E-state index is -4.06. The Morgan fingerprint density at radius 1 is 1.02 bits per heavy atom. The van der Waals surface area contributed by atoms with Crippen LogP contribution >= 0.6 is 0 Å². The minimum Gasteiger partial charge on any atom is -0.411 e. The molecule has 1 aliphatic heterocycles. The second kappa shape index (κ2) is 18.2. The van der Waals surface area contributed by atoms with E-state index < -0.39 is 28.2 Å². The van der Waals surface area contributed by atoms with Crippen LogP contribution in [0.3, 0.4) is 0 Å². The van der Waals surface area contributed by atoms with Gasteiger partial charge in [-0.1, -0.05) is 92.9 Å². The average Bonchev–Trinajstić information content (AvgIpc) is 3.84. The third-order valence-electron chi connectivity index (χ3n) is 11.1. The lowest BCUT2D eigenvalue weighted by molar-refractivity contribution is -0.128. The Labute approximate surface area is 323 Å². The number of amides is 3. The smallest absolute Gasteiger partial charge is 0.321 e. The number of fused-ring (bicyclic) bond motifs is 1. The molecule has 13 heteroatoms. The number of aromatic nitrogens is 1. The monoisotopic (exact) mass is 768 g/mol. The van der Waals surface area contributed by atoms with Gasteiger partial charge < -0.3 is 25.4 Å². The summed E-state index contributed by atoms with van der Waals surface area (Å²) in [5.41, 5.74) is 3.26. The molecule has 1 saturated carbocycles. The number of hydrogen-bond donors (Lipinski definition) is 3. The molecule has 1 saturated heterocycles. The first kappa shape index (κ1) is 39.8. The van der Waals surface area contributed by atoms with E-state index in [-0.39, 0.29) is 48.2 Å². The van der Waals surface area contributed by atoms with Crippen LogP contribution in [0.2, 0.25) is 0 Å². The number of aliphatic hydroxyl groups excluding tert-OH is 1. The van der Waals surface area contributed by atoms with E-state index in [1.54, 1.807) is 28.1 Å². The molecule has 3 N–H and O–H groups in total. The van der Waals surface area contributed by atoms with Gasteiger partial charge in [-0.15, -0.1) is 0 Å². The number of pyridine rings is 1. The number of aliphatic hydroxyl groups is 1. The predicted octanol–water partition coefficient (Wildman–Crippen LogP) is 5.66. The fourth-order valence-electron chi connectivity index (χ4n) is 7.83. The summed E-state index contributed by atoms with van der Waals surface area (Å²) in [6.45, 7) is 5.17. The number of urea groups is 1. The lowest BCUT2D eigenvalue weighted by Gasteiger charge is -2.35. The van der Waals surface area contributed by atoms with Gasteiger partial charge in [-0.2, -0.15) is 4.31 Å². The van der Waals surface area contributed by atoms with Gasteiger partial charge in [-0.3, -0.25) is 9.78 Å². The van der Waals surface area contributed by atoms with Crippen LogP contribution in [0.4, 0.5) is 4.79 Å². The molecule has 3 aromatic carbocycles. The van der Waals surface area contributed by atoms with Gasteiger partial charge in [-0.05, 0) is 78.1 Å². The molecule has 2 heterocycles. The van der Waals surface area contributed by atoms with Crippen LogP contribution in [-0.2, 0) is 27.8 Å². The second-order valence-corrected chi connectivity index (χ2v) is 16.9. The third-order valence-corrected chi connectivity index (χ3v) is 12.9. The Morgan fingerprint density at radius 2 is 1.76 bits per heavy atom. The second-order valence-electron chi connectivity index (χ2n) is 14.9. The van der Waals surface area contributed by atoms with Crippen molar-refractivity contribution in [2.45, 2.75) is 82.0 Å². The van der Waals surface area contributed by atoms with Crippen molar-refractivity contribution in [1.82, 2.24) is 24.4 Å². The first-order chi connectivity index (χ1) is 26.6. The van der Waals surface area contributed by atoms with Crippen molar-refractivity contribution in [2.24, 2.45) is 17.0 Å². The number of carbonyl (C=O) groups excluding carboxylic acids is 2. The highest BCUT2D eigenvalue weighted by atomic mass is 32.2. The van der Waals surface area contributed by atoms with Crippen molar-refractivity contribution < 1.29 is 28.3 Å². The van der Waals surface area contributed by atoms with Gasteiger partial charge in [0.05, 0.1) is 28.8 Å². The Morgan fingerprint density at radius 3 is 2.47 bits per heavy atom. The maximum absolute atomic E-state index is 14.5. The first-order valence-electron chi connectivity index (χ1n) is 19.3. The highest BCUT2D eigenvalue weighted by Gasteiger charge is 2.41. The normalized spacial score (nSPS) is 17.6. The predicted molar refractivity (Wildman–Crippen MR) is 212 cm³/mol. The standard InChI is InChI=1S/C42H52N6O6S/c1-3-30(2)40(48-23-22-46(42(48)51)27-34-17-20-37-35(24-34)14-9-21-43-37)41(50)45-38(25-31-10-5-4-6-11-31)39(49)29-47(28-33-12-7-8-13-33)55(53,54)36-18-15-32(16-19-36)26-44-52/h4-6,9-11,14-21,24,26,30,33,38-40,49,52H,3,7-8,12-13,22-23,25,27-29H2,1-2H3,(H,45,50)/t30-,38-,39-,40-/m0/s1. The molecule has 2 fully saturated rings. The van der Waals surface area contributed by atoms with Crippen LogP contribution in [0.25, 0.3) is 10.9 Å². The lowest BCUT2D eigenvalue weighted by Crippen LogP contribution is -2.57. The van der Waals surface area contributed by atoms with Gasteiger partial charge >= 0.3 is 6.03 Å². The number of oxime groups is 1. The van der Waals surface area contributed by atoms with E-state index in [1.165, 1.54) is 22.7 Å². The van der Waals surface area contributed by atoms with Gasteiger partial charge in [0.2, 0.25) is 15.9 Å². The molecule has 4 atom stereocenters. The molecular formula is C42H52N6O6S. The van der Waals surface area contributed by atoms with E-state index in [0.717, 1.165) is 47.7 Å². The molecule has 0 unspecified atom stereocenters. The summed E-state index contributed by atoms with van der Waals surface area (Å²) in [5.74, 6) is -0.425.